The third-order valence-electron chi connectivity index (χ3n) is 2.86. The van der Waals surface area contributed by atoms with E-state index in [-0.39, 0.29) is 6.16 Å². The van der Waals surface area contributed by atoms with Crippen LogP contribution in [-0.4, -0.2) is 11.1 Å². The lowest BCUT2D eigenvalue weighted by Gasteiger charge is -2.06. The molecule has 0 aromatic heterocycles. The molecule has 1 unspecified atom stereocenters. The van der Waals surface area contributed by atoms with E-state index in [1.54, 1.807) is 6.08 Å². The SMILES string of the molecule is O=P(O)(/C=C/c1ccccc1)CCc1ccccc1. The summed E-state index contributed by atoms with van der Waals surface area (Å²) in [5.41, 5.74) is 2.03. The topological polar surface area (TPSA) is 37.3 Å². The Labute approximate surface area is 113 Å². The van der Waals surface area contributed by atoms with Crippen LogP contribution in [0.15, 0.2) is 66.5 Å². The number of aryl methyl sites for hydroxylation is 1. The van der Waals surface area contributed by atoms with Gasteiger partial charge in [-0.25, -0.2) is 0 Å². The average molecular weight is 272 g/mol. The quantitative estimate of drug-likeness (QED) is 0.829. The molecule has 2 aromatic carbocycles. The zero-order chi connectivity index (χ0) is 13.6. The van der Waals surface area contributed by atoms with E-state index in [4.69, 9.17) is 0 Å². The van der Waals surface area contributed by atoms with Gasteiger partial charge in [0.2, 0.25) is 7.37 Å². The Hall–Kier alpha value is -1.63. The molecule has 0 amide bonds. The molecule has 0 saturated carbocycles. The summed E-state index contributed by atoms with van der Waals surface area (Å²) in [5, 5.41) is 0. The van der Waals surface area contributed by atoms with Crippen LogP contribution < -0.4 is 0 Å². The van der Waals surface area contributed by atoms with Crippen LogP contribution in [0.2, 0.25) is 0 Å². The molecule has 0 radical (unpaired) electrons. The number of hydrogen-bond acceptors (Lipinski definition) is 1. The minimum absolute atomic E-state index is 0.278. The van der Waals surface area contributed by atoms with Gasteiger partial charge in [0.05, 0.1) is 0 Å². The maximum atomic E-state index is 12.0. The highest BCUT2D eigenvalue weighted by atomic mass is 31.2. The first-order valence-electron chi connectivity index (χ1n) is 6.25. The van der Waals surface area contributed by atoms with Crippen LogP contribution in [0.3, 0.4) is 0 Å². The van der Waals surface area contributed by atoms with Crippen LogP contribution in [0.5, 0.6) is 0 Å². The normalized spacial score (nSPS) is 14.4. The zero-order valence-electron chi connectivity index (χ0n) is 10.6. The highest BCUT2D eigenvalue weighted by molar-refractivity contribution is 7.61. The molecule has 1 atom stereocenters. The summed E-state index contributed by atoms with van der Waals surface area (Å²) >= 11 is 0. The van der Waals surface area contributed by atoms with E-state index in [0.717, 1.165) is 11.1 Å². The number of hydrogen-bond donors (Lipinski definition) is 1. The highest BCUT2D eigenvalue weighted by Gasteiger charge is 2.13. The molecule has 19 heavy (non-hydrogen) atoms. The molecule has 0 aliphatic heterocycles. The monoisotopic (exact) mass is 272 g/mol. The second-order valence-electron chi connectivity index (χ2n) is 4.44. The summed E-state index contributed by atoms with van der Waals surface area (Å²) in [4.78, 5) is 9.91. The second kappa shape index (κ2) is 6.51. The molecular weight excluding hydrogens is 255 g/mol. The van der Waals surface area contributed by atoms with Crippen molar-refractivity contribution in [3.05, 3.63) is 77.6 Å². The summed E-state index contributed by atoms with van der Waals surface area (Å²) in [6.45, 7) is 0. The number of benzene rings is 2. The zero-order valence-corrected chi connectivity index (χ0v) is 11.5. The van der Waals surface area contributed by atoms with Crippen LogP contribution in [0, 0.1) is 0 Å². The molecule has 0 aliphatic rings. The van der Waals surface area contributed by atoms with Gasteiger partial charge in [0.25, 0.3) is 0 Å². The molecule has 0 saturated heterocycles. The van der Waals surface area contributed by atoms with Gasteiger partial charge in [-0.1, -0.05) is 60.7 Å². The van der Waals surface area contributed by atoms with Gasteiger partial charge in [-0.2, -0.15) is 0 Å². The van der Waals surface area contributed by atoms with Gasteiger partial charge < -0.3 is 4.89 Å². The summed E-state index contributed by atoms with van der Waals surface area (Å²) in [5.74, 6) is 1.44. The molecule has 2 rings (SSSR count). The smallest absolute Gasteiger partial charge is 0.222 e. The summed E-state index contributed by atoms with van der Waals surface area (Å²) in [6.07, 6.45) is 2.61. The van der Waals surface area contributed by atoms with Gasteiger partial charge in [-0.3, -0.25) is 4.57 Å². The van der Waals surface area contributed by atoms with Gasteiger partial charge in [0.15, 0.2) is 0 Å². The van der Waals surface area contributed by atoms with Gasteiger partial charge in [0.1, 0.15) is 0 Å². The Kier molecular flexibility index (Phi) is 4.73. The molecule has 0 spiro atoms. The van der Waals surface area contributed by atoms with Crippen LogP contribution in [0.25, 0.3) is 6.08 Å². The minimum atomic E-state index is -3.20. The van der Waals surface area contributed by atoms with Crippen molar-refractivity contribution in [3.63, 3.8) is 0 Å². The molecule has 3 heteroatoms. The fraction of sp³-hybridized carbons (Fsp3) is 0.125. The molecule has 1 N–H and O–H groups in total. The molecule has 0 heterocycles. The van der Waals surface area contributed by atoms with Crippen molar-refractivity contribution in [2.24, 2.45) is 0 Å². The average Bonchev–Trinajstić information content (AvgIpc) is 2.46. The highest BCUT2D eigenvalue weighted by Crippen LogP contribution is 2.43. The summed E-state index contributed by atoms with van der Waals surface area (Å²) < 4.78 is 12.0. The molecule has 0 bridgehead atoms. The van der Waals surface area contributed by atoms with Crippen molar-refractivity contribution in [3.8, 4) is 0 Å². The van der Waals surface area contributed by atoms with Gasteiger partial charge in [-0.15, -0.1) is 0 Å². The van der Waals surface area contributed by atoms with Crippen molar-refractivity contribution in [2.75, 3.05) is 6.16 Å². The van der Waals surface area contributed by atoms with Crippen LogP contribution in [0.4, 0.5) is 0 Å². The largest absolute Gasteiger partial charge is 0.341 e. The summed E-state index contributed by atoms with van der Waals surface area (Å²) in [7, 11) is -3.20. The second-order valence-corrected chi connectivity index (χ2v) is 6.70. The molecule has 2 aromatic rings. The Morgan fingerprint density at radius 1 is 0.947 bits per heavy atom. The maximum Gasteiger partial charge on any atom is 0.222 e. The van der Waals surface area contributed by atoms with Crippen LogP contribution in [-0.2, 0) is 11.0 Å². The number of rotatable bonds is 5. The van der Waals surface area contributed by atoms with Crippen molar-refractivity contribution in [2.45, 2.75) is 6.42 Å². The molecule has 0 fully saturated rings. The molecule has 2 nitrogen and oxygen atoms in total. The lowest BCUT2D eigenvalue weighted by atomic mass is 10.2. The third-order valence-corrected chi connectivity index (χ3v) is 4.34. The standard InChI is InChI=1S/C16H17O2P/c17-19(18,13-11-15-7-3-1-4-8-15)14-12-16-9-5-2-6-10-16/h1-11,13H,12,14H2,(H,17,18)/b13-11+. The van der Waals surface area contributed by atoms with Gasteiger partial charge >= 0.3 is 0 Å². The Morgan fingerprint density at radius 2 is 1.53 bits per heavy atom. The van der Waals surface area contributed by atoms with Crippen molar-refractivity contribution in [1.82, 2.24) is 0 Å². The fourth-order valence-electron chi connectivity index (χ4n) is 1.78. The van der Waals surface area contributed by atoms with E-state index in [0.29, 0.717) is 6.42 Å². The predicted octanol–water partition coefficient (Wildman–Crippen LogP) is 4.17. The van der Waals surface area contributed by atoms with Crippen molar-refractivity contribution >= 4 is 13.4 Å². The van der Waals surface area contributed by atoms with Crippen LogP contribution >= 0.6 is 7.37 Å². The predicted molar refractivity (Wildman–Crippen MR) is 80.3 cm³/mol. The van der Waals surface area contributed by atoms with Crippen molar-refractivity contribution in [1.29, 1.82) is 0 Å². The van der Waals surface area contributed by atoms with E-state index in [9.17, 15) is 9.46 Å². The van der Waals surface area contributed by atoms with E-state index in [1.807, 2.05) is 60.7 Å². The Bertz CT molecular complexity index is 576. The fourth-order valence-corrected chi connectivity index (χ4v) is 2.91. The first kappa shape index (κ1) is 13.8. The lowest BCUT2D eigenvalue weighted by molar-refractivity contribution is 0.488. The summed E-state index contributed by atoms with van der Waals surface area (Å²) in [6, 6.07) is 19.3. The first-order chi connectivity index (χ1) is 9.16. The van der Waals surface area contributed by atoms with Crippen LogP contribution in [0.1, 0.15) is 11.1 Å². The minimum Gasteiger partial charge on any atom is -0.341 e. The maximum absolute atomic E-state index is 12.0. The van der Waals surface area contributed by atoms with E-state index >= 15 is 0 Å². The van der Waals surface area contributed by atoms with E-state index in [2.05, 4.69) is 0 Å². The third kappa shape index (κ3) is 4.86. The van der Waals surface area contributed by atoms with Gasteiger partial charge in [0, 0.05) is 12.0 Å². The molecular formula is C16H17O2P. The van der Waals surface area contributed by atoms with E-state index in [1.165, 1.54) is 5.82 Å². The molecule has 98 valence electrons. The van der Waals surface area contributed by atoms with E-state index < -0.39 is 7.37 Å². The molecule has 0 aliphatic carbocycles. The first-order valence-corrected chi connectivity index (χ1v) is 8.17. The van der Waals surface area contributed by atoms with Gasteiger partial charge in [-0.05, 0) is 23.6 Å². The van der Waals surface area contributed by atoms with Crippen molar-refractivity contribution < 1.29 is 9.46 Å². The lowest BCUT2D eigenvalue weighted by Crippen LogP contribution is -1.92. The Balaban J connectivity index is 1.95. The Morgan fingerprint density at radius 3 is 2.16 bits per heavy atom.